The number of carbonyl (C=O) groups is 1. The summed E-state index contributed by atoms with van der Waals surface area (Å²) in [5, 5.41) is 0.883. The molecule has 0 saturated heterocycles. The van der Waals surface area contributed by atoms with Gasteiger partial charge in [0.1, 0.15) is 6.54 Å². The second-order valence-electron chi connectivity index (χ2n) is 2.70. The van der Waals surface area contributed by atoms with Gasteiger partial charge in [-0.2, -0.15) is 0 Å². The van der Waals surface area contributed by atoms with Gasteiger partial charge in [-0.05, 0) is 12.7 Å². The first-order valence-corrected chi connectivity index (χ1v) is 5.41. The van der Waals surface area contributed by atoms with Gasteiger partial charge < -0.3 is 0 Å². The maximum absolute atomic E-state index is 11.2. The van der Waals surface area contributed by atoms with Crippen LogP contribution in [-0.4, -0.2) is 35.3 Å². The highest BCUT2D eigenvalue weighted by Gasteiger charge is 2.23. The number of hydrogen-bond acceptors (Lipinski definition) is 3. The number of nitrogens with zero attached hydrogens (tertiary/aromatic N) is 2. The third-order valence-electron chi connectivity index (χ3n) is 1.80. The molecule has 0 aliphatic carbocycles. The van der Waals surface area contributed by atoms with Crippen LogP contribution in [0.2, 0.25) is 0 Å². The molecule has 1 heterocycles. The van der Waals surface area contributed by atoms with Crippen molar-refractivity contribution in [1.29, 1.82) is 0 Å². The zero-order valence-electron chi connectivity index (χ0n) is 7.54. The number of amides is 1. The van der Waals surface area contributed by atoms with Gasteiger partial charge in [-0.25, -0.2) is 0 Å². The number of aliphatic imine (C=N–C) groups is 1. The molecule has 0 unspecified atom stereocenters. The largest absolute Gasteiger partial charge is 0.290 e. The van der Waals surface area contributed by atoms with Crippen LogP contribution in [0.4, 0.5) is 0 Å². The summed E-state index contributed by atoms with van der Waals surface area (Å²) in [6, 6.07) is 0. The van der Waals surface area contributed by atoms with E-state index in [2.05, 4.69) is 11.9 Å². The van der Waals surface area contributed by atoms with Crippen LogP contribution >= 0.6 is 11.8 Å². The van der Waals surface area contributed by atoms with Crippen molar-refractivity contribution >= 4 is 22.8 Å². The van der Waals surface area contributed by atoms with E-state index in [1.165, 1.54) is 0 Å². The molecule has 0 bridgehead atoms. The molecular formula is C8H14N2OS. The van der Waals surface area contributed by atoms with Crippen LogP contribution in [0.5, 0.6) is 0 Å². The topological polar surface area (TPSA) is 32.7 Å². The molecule has 0 aromatic carbocycles. The second kappa shape index (κ2) is 4.50. The van der Waals surface area contributed by atoms with E-state index in [1.54, 1.807) is 16.7 Å². The Morgan fingerprint density at radius 3 is 3.00 bits per heavy atom. The predicted molar refractivity (Wildman–Crippen MR) is 52.4 cm³/mol. The lowest BCUT2D eigenvalue weighted by Crippen LogP contribution is -2.31. The molecule has 3 nitrogen and oxygen atoms in total. The fourth-order valence-corrected chi connectivity index (χ4v) is 1.73. The van der Waals surface area contributed by atoms with Crippen LogP contribution in [-0.2, 0) is 4.79 Å². The van der Waals surface area contributed by atoms with Crippen LogP contribution in [0, 0.1) is 0 Å². The van der Waals surface area contributed by atoms with E-state index >= 15 is 0 Å². The molecule has 1 aliphatic heterocycles. The Kier molecular flexibility index (Phi) is 3.59. The summed E-state index contributed by atoms with van der Waals surface area (Å²) >= 11 is 1.55. The van der Waals surface area contributed by atoms with Crippen LogP contribution in [0.1, 0.15) is 19.8 Å². The first-order chi connectivity index (χ1) is 5.79. The highest BCUT2D eigenvalue weighted by atomic mass is 32.2. The summed E-state index contributed by atoms with van der Waals surface area (Å²) in [4.78, 5) is 17.2. The van der Waals surface area contributed by atoms with E-state index in [9.17, 15) is 4.79 Å². The Labute approximate surface area is 77.2 Å². The molecule has 12 heavy (non-hydrogen) atoms. The van der Waals surface area contributed by atoms with Crippen molar-refractivity contribution in [2.24, 2.45) is 4.99 Å². The predicted octanol–water partition coefficient (Wildman–Crippen LogP) is 1.35. The van der Waals surface area contributed by atoms with Crippen molar-refractivity contribution in [3.8, 4) is 0 Å². The number of hydrogen-bond donors (Lipinski definition) is 0. The fourth-order valence-electron chi connectivity index (χ4n) is 1.12. The molecule has 0 fully saturated rings. The summed E-state index contributed by atoms with van der Waals surface area (Å²) in [6.07, 6.45) is 4.13. The lowest BCUT2D eigenvalue weighted by Gasteiger charge is -2.15. The SMILES string of the molecule is CCCCN1C(=O)CN=C1SC. The Bertz CT molecular complexity index is 203. The van der Waals surface area contributed by atoms with Crippen molar-refractivity contribution in [2.75, 3.05) is 19.3 Å². The van der Waals surface area contributed by atoms with E-state index in [-0.39, 0.29) is 5.91 Å². The summed E-state index contributed by atoms with van der Waals surface area (Å²) in [7, 11) is 0. The van der Waals surface area contributed by atoms with Gasteiger partial charge in [0, 0.05) is 6.54 Å². The van der Waals surface area contributed by atoms with Gasteiger partial charge in [0.15, 0.2) is 5.17 Å². The quantitative estimate of drug-likeness (QED) is 0.666. The van der Waals surface area contributed by atoms with Gasteiger partial charge in [-0.1, -0.05) is 25.1 Å². The molecule has 0 spiro atoms. The summed E-state index contributed by atoms with van der Waals surface area (Å²) in [5.41, 5.74) is 0. The number of thioether (sulfide) groups is 1. The monoisotopic (exact) mass is 186 g/mol. The number of carbonyl (C=O) groups excluding carboxylic acids is 1. The van der Waals surface area contributed by atoms with Crippen molar-refractivity contribution in [2.45, 2.75) is 19.8 Å². The van der Waals surface area contributed by atoms with Crippen LogP contribution in [0.3, 0.4) is 0 Å². The lowest BCUT2D eigenvalue weighted by molar-refractivity contribution is -0.124. The smallest absolute Gasteiger partial charge is 0.250 e. The van der Waals surface area contributed by atoms with Crippen molar-refractivity contribution in [1.82, 2.24) is 4.90 Å². The van der Waals surface area contributed by atoms with Crippen LogP contribution in [0.25, 0.3) is 0 Å². The van der Waals surface area contributed by atoms with Gasteiger partial charge in [-0.3, -0.25) is 14.7 Å². The zero-order valence-corrected chi connectivity index (χ0v) is 8.36. The fraction of sp³-hybridized carbons (Fsp3) is 0.750. The molecule has 0 aromatic heterocycles. The first kappa shape index (κ1) is 9.58. The van der Waals surface area contributed by atoms with Crippen molar-refractivity contribution in [3.63, 3.8) is 0 Å². The Balaban J connectivity index is 2.48. The minimum atomic E-state index is 0.146. The van der Waals surface area contributed by atoms with E-state index in [1.807, 2.05) is 6.26 Å². The van der Waals surface area contributed by atoms with Gasteiger partial charge >= 0.3 is 0 Å². The van der Waals surface area contributed by atoms with Crippen molar-refractivity contribution in [3.05, 3.63) is 0 Å². The highest BCUT2D eigenvalue weighted by molar-refractivity contribution is 8.13. The number of amidine groups is 1. The van der Waals surface area contributed by atoms with E-state index in [4.69, 9.17) is 0 Å². The molecule has 0 aromatic rings. The minimum absolute atomic E-state index is 0.146. The van der Waals surface area contributed by atoms with Crippen molar-refractivity contribution < 1.29 is 4.79 Å². The van der Waals surface area contributed by atoms with Gasteiger partial charge in [-0.15, -0.1) is 0 Å². The average Bonchev–Trinajstić information content (AvgIpc) is 2.43. The minimum Gasteiger partial charge on any atom is -0.290 e. The molecule has 68 valence electrons. The standard InChI is InChI=1S/C8H14N2OS/c1-3-4-5-10-7(11)6-9-8(10)12-2/h3-6H2,1-2H3. The molecule has 1 amide bonds. The maximum Gasteiger partial charge on any atom is 0.250 e. The first-order valence-electron chi connectivity index (χ1n) is 4.18. The highest BCUT2D eigenvalue weighted by Crippen LogP contribution is 2.13. The summed E-state index contributed by atoms with van der Waals surface area (Å²) < 4.78 is 0. The maximum atomic E-state index is 11.2. The lowest BCUT2D eigenvalue weighted by atomic mass is 10.3. The molecule has 4 heteroatoms. The third kappa shape index (κ3) is 2.00. The summed E-state index contributed by atoms with van der Waals surface area (Å²) in [5.74, 6) is 0.146. The zero-order chi connectivity index (χ0) is 8.97. The van der Waals surface area contributed by atoms with Gasteiger partial charge in [0.25, 0.3) is 0 Å². The molecule has 1 rings (SSSR count). The van der Waals surface area contributed by atoms with E-state index in [0.29, 0.717) is 6.54 Å². The molecule has 0 radical (unpaired) electrons. The van der Waals surface area contributed by atoms with Gasteiger partial charge in [0.05, 0.1) is 0 Å². The molecule has 1 aliphatic rings. The summed E-state index contributed by atoms with van der Waals surface area (Å²) in [6.45, 7) is 3.30. The average molecular weight is 186 g/mol. The van der Waals surface area contributed by atoms with E-state index in [0.717, 1.165) is 24.6 Å². The normalized spacial score (nSPS) is 17.0. The Morgan fingerprint density at radius 2 is 2.42 bits per heavy atom. The second-order valence-corrected chi connectivity index (χ2v) is 3.48. The Morgan fingerprint density at radius 1 is 1.67 bits per heavy atom. The molecular weight excluding hydrogens is 172 g/mol. The third-order valence-corrected chi connectivity index (χ3v) is 2.51. The van der Waals surface area contributed by atoms with Crippen LogP contribution in [0.15, 0.2) is 4.99 Å². The Hall–Kier alpha value is -0.510. The van der Waals surface area contributed by atoms with Crippen LogP contribution < -0.4 is 0 Å². The number of rotatable bonds is 3. The molecule has 0 atom stereocenters. The van der Waals surface area contributed by atoms with E-state index < -0.39 is 0 Å². The molecule has 0 N–H and O–H groups in total. The molecule has 0 saturated carbocycles. The number of unbranched alkanes of at least 4 members (excludes halogenated alkanes) is 1. The van der Waals surface area contributed by atoms with Gasteiger partial charge in [0.2, 0.25) is 5.91 Å².